The number of nitrogens with zero attached hydrogens (tertiary/aromatic N) is 4. The summed E-state index contributed by atoms with van der Waals surface area (Å²) in [5, 5.41) is 25.9. The summed E-state index contributed by atoms with van der Waals surface area (Å²) in [5.74, 6) is 0.876. The van der Waals surface area contributed by atoms with Crippen LogP contribution in [0.25, 0.3) is 5.69 Å². The molecule has 29 heavy (non-hydrogen) atoms. The SMILES string of the molecule is Cc1cccc(C)c1-n1nnnc1C(Nc1ccc(Br)cc1)c1ccc(O)cc1. The maximum Gasteiger partial charge on any atom is 0.183 e. The van der Waals surface area contributed by atoms with Crippen molar-refractivity contribution in [1.82, 2.24) is 20.2 Å². The van der Waals surface area contributed by atoms with Crippen LogP contribution in [0, 0.1) is 13.8 Å². The van der Waals surface area contributed by atoms with Crippen LogP contribution in [0.3, 0.4) is 0 Å². The number of aryl methyl sites for hydroxylation is 2. The average Bonchev–Trinajstić information content (AvgIpc) is 3.17. The Labute approximate surface area is 177 Å². The van der Waals surface area contributed by atoms with Crippen molar-refractivity contribution in [3.05, 3.63) is 93.7 Å². The quantitative estimate of drug-likeness (QED) is 0.450. The van der Waals surface area contributed by atoms with Crippen LogP contribution in [-0.2, 0) is 0 Å². The first-order chi connectivity index (χ1) is 14.0. The van der Waals surface area contributed by atoms with Crippen LogP contribution in [0.1, 0.15) is 28.6 Å². The van der Waals surface area contributed by atoms with Gasteiger partial charge in [-0.1, -0.05) is 46.3 Å². The van der Waals surface area contributed by atoms with Crippen LogP contribution >= 0.6 is 15.9 Å². The van der Waals surface area contributed by atoms with E-state index >= 15 is 0 Å². The summed E-state index contributed by atoms with van der Waals surface area (Å²) in [7, 11) is 0. The molecule has 0 radical (unpaired) electrons. The molecule has 1 atom stereocenters. The van der Waals surface area contributed by atoms with E-state index in [0.717, 1.165) is 32.5 Å². The molecule has 0 aliphatic carbocycles. The molecule has 146 valence electrons. The number of tetrazole rings is 1. The first-order valence-electron chi connectivity index (χ1n) is 9.19. The zero-order chi connectivity index (χ0) is 20.4. The Morgan fingerprint density at radius 3 is 2.24 bits per heavy atom. The van der Waals surface area contributed by atoms with Crippen molar-refractivity contribution < 1.29 is 5.11 Å². The minimum absolute atomic E-state index is 0.213. The third-order valence-corrected chi connectivity index (χ3v) is 5.31. The molecule has 0 aliphatic heterocycles. The van der Waals surface area contributed by atoms with Crippen molar-refractivity contribution in [2.24, 2.45) is 0 Å². The number of aromatic hydroxyl groups is 1. The number of hydrogen-bond donors (Lipinski definition) is 2. The van der Waals surface area contributed by atoms with Gasteiger partial charge in [0.05, 0.1) is 5.69 Å². The number of benzene rings is 3. The highest BCUT2D eigenvalue weighted by molar-refractivity contribution is 9.10. The van der Waals surface area contributed by atoms with E-state index in [-0.39, 0.29) is 11.8 Å². The largest absolute Gasteiger partial charge is 0.508 e. The second kappa shape index (κ2) is 8.05. The molecule has 3 aromatic carbocycles. The Balaban J connectivity index is 1.83. The zero-order valence-electron chi connectivity index (χ0n) is 16.0. The maximum absolute atomic E-state index is 9.72. The van der Waals surface area contributed by atoms with Crippen LogP contribution in [-0.4, -0.2) is 25.3 Å². The highest BCUT2D eigenvalue weighted by Gasteiger charge is 2.23. The van der Waals surface area contributed by atoms with Gasteiger partial charge in [0.25, 0.3) is 0 Å². The van der Waals surface area contributed by atoms with Gasteiger partial charge in [0.15, 0.2) is 5.82 Å². The summed E-state index contributed by atoms with van der Waals surface area (Å²) >= 11 is 3.47. The van der Waals surface area contributed by atoms with E-state index in [4.69, 9.17) is 0 Å². The molecule has 6 nitrogen and oxygen atoms in total. The third-order valence-electron chi connectivity index (χ3n) is 4.78. The van der Waals surface area contributed by atoms with E-state index in [0.29, 0.717) is 5.82 Å². The lowest BCUT2D eigenvalue weighted by Crippen LogP contribution is -2.19. The minimum atomic E-state index is -0.314. The Bertz CT molecular complexity index is 1100. The molecule has 4 rings (SSSR count). The summed E-state index contributed by atoms with van der Waals surface area (Å²) in [6.45, 7) is 4.09. The fourth-order valence-electron chi connectivity index (χ4n) is 3.35. The average molecular weight is 450 g/mol. The van der Waals surface area contributed by atoms with Crippen molar-refractivity contribution in [3.8, 4) is 11.4 Å². The van der Waals surface area contributed by atoms with Crippen molar-refractivity contribution in [2.45, 2.75) is 19.9 Å². The van der Waals surface area contributed by atoms with Crippen LogP contribution < -0.4 is 5.32 Å². The smallest absolute Gasteiger partial charge is 0.183 e. The van der Waals surface area contributed by atoms with E-state index in [1.807, 2.05) is 68.4 Å². The highest BCUT2D eigenvalue weighted by atomic mass is 79.9. The molecule has 0 fully saturated rings. The predicted octanol–water partition coefficient (Wildman–Crippen LogP) is 4.95. The Morgan fingerprint density at radius 1 is 0.931 bits per heavy atom. The number of para-hydroxylation sites is 1. The van der Waals surface area contributed by atoms with Crippen LogP contribution in [0.2, 0.25) is 0 Å². The third kappa shape index (κ3) is 4.00. The monoisotopic (exact) mass is 449 g/mol. The number of anilines is 1. The fraction of sp³-hybridized carbons (Fsp3) is 0.136. The van der Waals surface area contributed by atoms with Crippen LogP contribution in [0.15, 0.2) is 71.2 Å². The second-order valence-corrected chi connectivity index (χ2v) is 7.78. The summed E-state index contributed by atoms with van der Waals surface area (Å²) < 4.78 is 2.79. The Kier molecular flexibility index (Phi) is 5.31. The first kappa shape index (κ1) is 19.1. The molecular weight excluding hydrogens is 430 g/mol. The topological polar surface area (TPSA) is 75.9 Å². The van der Waals surface area contributed by atoms with Gasteiger partial charge in [-0.3, -0.25) is 0 Å². The Morgan fingerprint density at radius 2 is 1.59 bits per heavy atom. The first-order valence-corrected chi connectivity index (χ1v) is 9.98. The molecule has 1 aromatic heterocycles. The van der Waals surface area contributed by atoms with Crippen LogP contribution in [0.4, 0.5) is 5.69 Å². The number of nitrogens with one attached hydrogen (secondary N) is 1. The predicted molar refractivity (Wildman–Crippen MR) is 116 cm³/mol. The van der Waals surface area contributed by atoms with Crippen molar-refractivity contribution in [3.63, 3.8) is 0 Å². The number of phenols is 1. The molecule has 0 bridgehead atoms. The molecule has 0 saturated carbocycles. The normalized spacial score (nSPS) is 12.0. The summed E-state index contributed by atoms with van der Waals surface area (Å²) in [6, 6.07) is 20.8. The number of hydrogen-bond acceptors (Lipinski definition) is 5. The molecule has 4 aromatic rings. The van der Waals surface area contributed by atoms with E-state index in [1.54, 1.807) is 16.8 Å². The van der Waals surface area contributed by atoms with E-state index < -0.39 is 0 Å². The second-order valence-electron chi connectivity index (χ2n) is 6.87. The fourth-order valence-corrected chi connectivity index (χ4v) is 3.61. The summed E-state index contributed by atoms with van der Waals surface area (Å²) in [6.07, 6.45) is 0. The van der Waals surface area contributed by atoms with Gasteiger partial charge in [0.2, 0.25) is 0 Å². The standard InChI is InChI=1S/C22H20BrN5O/c1-14-4-3-5-15(2)21(14)28-22(25-26-27-28)20(16-6-12-19(29)13-7-16)24-18-10-8-17(23)9-11-18/h3-13,20,24,29H,1-2H3. The minimum Gasteiger partial charge on any atom is -0.508 e. The van der Waals surface area contributed by atoms with Crippen LogP contribution in [0.5, 0.6) is 5.75 Å². The van der Waals surface area contributed by atoms with Gasteiger partial charge >= 0.3 is 0 Å². The Hall–Kier alpha value is -3.19. The van der Waals surface area contributed by atoms with Gasteiger partial charge in [-0.05, 0) is 77.4 Å². The molecular formula is C22H20BrN5O. The number of rotatable bonds is 5. The van der Waals surface area contributed by atoms with E-state index in [2.05, 4.69) is 36.8 Å². The zero-order valence-corrected chi connectivity index (χ0v) is 17.6. The van der Waals surface area contributed by atoms with Crippen molar-refractivity contribution >= 4 is 21.6 Å². The maximum atomic E-state index is 9.72. The number of phenolic OH excluding ortho intramolecular Hbond substituents is 1. The molecule has 2 N–H and O–H groups in total. The molecule has 0 saturated heterocycles. The van der Waals surface area contributed by atoms with Gasteiger partial charge in [-0.15, -0.1) is 5.10 Å². The van der Waals surface area contributed by atoms with Gasteiger partial charge in [0, 0.05) is 10.2 Å². The lowest BCUT2D eigenvalue weighted by atomic mass is 10.0. The molecule has 0 aliphatic rings. The molecule has 0 spiro atoms. The highest BCUT2D eigenvalue weighted by Crippen LogP contribution is 2.29. The number of aromatic nitrogens is 4. The van der Waals surface area contributed by atoms with Gasteiger partial charge in [-0.2, -0.15) is 4.68 Å². The van der Waals surface area contributed by atoms with Crippen molar-refractivity contribution in [1.29, 1.82) is 0 Å². The van der Waals surface area contributed by atoms with Crippen molar-refractivity contribution in [2.75, 3.05) is 5.32 Å². The van der Waals surface area contributed by atoms with E-state index in [1.165, 1.54) is 0 Å². The summed E-state index contributed by atoms with van der Waals surface area (Å²) in [4.78, 5) is 0. The molecule has 7 heteroatoms. The number of halogens is 1. The summed E-state index contributed by atoms with van der Waals surface area (Å²) in [5.41, 5.74) is 5.02. The van der Waals surface area contributed by atoms with Gasteiger partial charge in [-0.25, -0.2) is 0 Å². The molecule has 1 heterocycles. The molecule has 0 amide bonds. The van der Waals surface area contributed by atoms with Gasteiger partial charge < -0.3 is 10.4 Å². The lowest BCUT2D eigenvalue weighted by Gasteiger charge is -2.21. The lowest BCUT2D eigenvalue weighted by molar-refractivity contribution is 0.475. The van der Waals surface area contributed by atoms with E-state index in [9.17, 15) is 5.11 Å². The molecule has 1 unspecified atom stereocenters. The van der Waals surface area contributed by atoms with Gasteiger partial charge in [0.1, 0.15) is 11.8 Å².